The molecule has 0 saturated heterocycles. The van der Waals surface area contributed by atoms with E-state index in [2.05, 4.69) is 5.32 Å². The number of aryl methyl sites for hydroxylation is 1. The molecule has 1 aromatic carbocycles. The van der Waals surface area contributed by atoms with Crippen LogP contribution in [0.3, 0.4) is 0 Å². The molecule has 0 radical (unpaired) electrons. The number of benzene rings is 1. The van der Waals surface area contributed by atoms with Gasteiger partial charge in [0, 0.05) is 18.5 Å². The van der Waals surface area contributed by atoms with Crippen LogP contribution in [0.1, 0.15) is 28.1 Å². The summed E-state index contributed by atoms with van der Waals surface area (Å²) in [5.41, 5.74) is 3.10. The van der Waals surface area contributed by atoms with Crippen LogP contribution in [0.15, 0.2) is 35.7 Å². The predicted molar refractivity (Wildman–Crippen MR) is 83.7 cm³/mol. The van der Waals surface area contributed by atoms with Crippen LogP contribution in [0.25, 0.3) is 11.1 Å². The van der Waals surface area contributed by atoms with Crippen molar-refractivity contribution in [2.45, 2.75) is 19.8 Å². The number of amides is 1. The molecule has 21 heavy (non-hydrogen) atoms. The molecule has 0 saturated carbocycles. The first-order chi connectivity index (χ1) is 10.1. The van der Waals surface area contributed by atoms with Crippen LogP contribution in [-0.2, 0) is 4.79 Å². The highest BCUT2D eigenvalue weighted by Gasteiger charge is 2.14. The normalized spacial score (nSPS) is 10.3. The minimum absolute atomic E-state index is 0.0650. The lowest BCUT2D eigenvalue weighted by molar-refractivity contribution is -0.137. The average molecular weight is 303 g/mol. The third-order valence-electron chi connectivity index (χ3n) is 3.09. The molecular formula is C16H17NO3S. The first-order valence-electron chi connectivity index (χ1n) is 6.72. The van der Waals surface area contributed by atoms with Gasteiger partial charge in [-0.3, -0.25) is 9.59 Å². The Morgan fingerprint density at radius 2 is 1.90 bits per heavy atom. The number of carboxylic acid groups (broad SMARTS) is 1. The second-order valence-corrected chi connectivity index (χ2v) is 5.70. The van der Waals surface area contributed by atoms with Crippen LogP contribution >= 0.6 is 11.3 Å². The number of carbonyl (C=O) groups excluding carboxylic acids is 1. The molecule has 5 heteroatoms. The van der Waals surface area contributed by atoms with Gasteiger partial charge in [0.2, 0.25) is 0 Å². The van der Waals surface area contributed by atoms with Gasteiger partial charge in [-0.1, -0.05) is 29.8 Å². The van der Waals surface area contributed by atoms with Crippen LogP contribution in [0, 0.1) is 6.92 Å². The molecule has 0 bridgehead atoms. The van der Waals surface area contributed by atoms with Gasteiger partial charge in [0.1, 0.15) is 0 Å². The van der Waals surface area contributed by atoms with Crippen molar-refractivity contribution in [2.75, 3.05) is 6.54 Å². The molecule has 1 heterocycles. The molecule has 0 unspecified atom stereocenters. The van der Waals surface area contributed by atoms with Crippen LogP contribution in [0.2, 0.25) is 0 Å². The lowest BCUT2D eigenvalue weighted by atomic mass is 10.0. The summed E-state index contributed by atoms with van der Waals surface area (Å²) >= 11 is 1.39. The van der Waals surface area contributed by atoms with E-state index in [4.69, 9.17) is 5.11 Å². The monoisotopic (exact) mass is 303 g/mol. The summed E-state index contributed by atoms with van der Waals surface area (Å²) in [7, 11) is 0. The number of carbonyl (C=O) groups is 2. The van der Waals surface area contributed by atoms with Gasteiger partial charge in [0.25, 0.3) is 5.91 Å². The number of thiophene rings is 1. The predicted octanol–water partition coefficient (Wildman–Crippen LogP) is 3.32. The van der Waals surface area contributed by atoms with Gasteiger partial charge in [-0.05, 0) is 30.4 Å². The number of rotatable bonds is 6. The van der Waals surface area contributed by atoms with Crippen molar-refractivity contribution in [3.05, 3.63) is 46.2 Å². The third-order valence-corrected chi connectivity index (χ3v) is 4.00. The largest absolute Gasteiger partial charge is 0.481 e. The number of nitrogens with one attached hydrogen (secondary N) is 1. The summed E-state index contributed by atoms with van der Waals surface area (Å²) in [6.07, 6.45) is 0.502. The van der Waals surface area contributed by atoms with Crippen LogP contribution in [0.5, 0.6) is 0 Å². The number of hydrogen-bond acceptors (Lipinski definition) is 3. The molecule has 0 aliphatic carbocycles. The molecule has 110 valence electrons. The molecule has 4 nitrogen and oxygen atoms in total. The van der Waals surface area contributed by atoms with Crippen molar-refractivity contribution >= 4 is 23.2 Å². The maximum atomic E-state index is 12.2. The number of hydrogen-bond donors (Lipinski definition) is 2. The van der Waals surface area contributed by atoms with E-state index >= 15 is 0 Å². The summed E-state index contributed by atoms with van der Waals surface area (Å²) < 4.78 is 0. The Hall–Kier alpha value is -2.14. The topological polar surface area (TPSA) is 66.4 Å². The molecule has 2 aromatic rings. The van der Waals surface area contributed by atoms with Gasteiger partial charge in [-0.25, -0.2) is 0 Å². The Morgan fingerprint density at radius 1 is 1.19 bits per heavy atom. The molecule has 2 N–H and O–H groups in total. The third kappa shape index (κ3) is 4.16. The summed E-state index contributed by atoms with van der Waals surface area (Å²) in [6, 6.07) is 9.96. The zero-order valence-electron chi connectivity index (χ0n) is 11.8. The highest BCUT2D eigenvalue weighted by molar-refractivity contribution is 7.12. The van der Waals surface area contributed by atoms with E-state index in [9.17, 15) is 9.59 Å². The quantitative estimate of drug-likeness (QED) is 0.805. The average Bonchev–Trinajstić information content (AvgIpc) is 2.93. The van der Waals surface area contributed by atoms with Crippen LogP contribution in [-0.4, -0.2) is 23.5 Å². The molecule has 0 spiro atoms. The van der Waals surface area contributed by atoms with E-state index in [0.717, 1.165) is 11.1 Å². The van der Waals surface area contributed by atoms with E-state index in [1.807, 2.05) is 42.6 Å². The Morgan fingerprint density at radius 3 is 2.57 bits per heavy atom. The van der Waals surface area contributed by atoms with Crippen LogP contribution in [0.4, 0.5) is 0 Å². The Balaban J connectivity index is 2.04. The van der Waals surface area contributed by atoms with Crippen molar-refractivity contribution in [1.82, 2.24) is 5.32 Å². The van der Waals surface area contributed by atoms with Crippen molar-refractivity contribution < 1.29 is 14.7 Å². The maximum Gasteiger partial charge on any atom is 0.303 e. The SMILES string of the molecule is Cc1ccc(-c2ccsc2C(=O)NCCCC(=O)O)cc1. The minimum Gasteiger partial charge on any atom is -0.481 e. The van der Waals surface area contributed by atoms with E-state index < -0.39 is 5.97 Å². The molecule has 1 aromatic heterocycles. The van der Waals surface area contributed by atoms with E-state index in [1.54, 1.807) is 0 Å². The van der Waals surface area contributed by atoms with Gasteiger partial charge in [0.15, 0.2) is 0 Å². The highest BCUT2D eigenvalue weighted by atomic mass is 32.1. The van der Waals surface area contributed by atoms with Gasteiger partial charge in [0.05, 0.1) is 4.88 Å². The standard InChI is InChI=1S/C16H17NO3S/c1-11-4-6-12(7-5-11)13-8-10-21-15(13)16(20)17-9-2-3-14(18)19/h4-8,10H,2-3,9H2,1H3,(H,17,20)(H,18,19). The minimum atomic E-state index is -0.847. The fourth-order valence-electron chi connectivity index (χ4n) is 1.97. The fraction of sp³-hybridized carbons (Fsp3) is 0.250. The Labute approximate surface area is 127 Å². The summed E-state index contributed by atoms with van der Waals surface area (Å²) in [5.74, 6) is -0.994. The second kappa shape index (κ2) is 7.04. The summed E-state index contributed by atoms with van der Waals surface area (Å²) in [4.78, 5) is 23.3. The zero-order valence-corrected chi connectivity index (χ0v) is 12.6. The smallest absolute Gasteiger partial charge is 0.303 e. The maximum absolute atomic E-state index is 12.2. The molecule has 0 fully saturated rings. The van der Waals surface area contributed by atoms with Crippen molar-refractivity contribution in [3.63, 3.8) is 0 Å². The Kier molecular flexibility index (Phi) is 5.11. The molecule has 0 aliphatic rings. The Bertz CT molecular complexity index is 631. The molecular weight excluding hydrogens is 286 g/mol. The molecule has 0 aliphatic heterocycles. The van der Waals surface area contributed by atoms with Gasteiger partial charge in [-0.15, -0.1) is 11.3 Å². The van der Waals surface area contributed by atoms with Crippen molar-refractivity contribution in [1.29, 1.82) is 0 Å². The zero-order chi connectivity index (χ0) is 15.2. The van der Waals surface area contributed by atoms with Gasteiger partial charge < -0.3 is 10.4 Å². The lowest BCUT2D eigenvalue weighted by Crippen LogP contribution is -2.24. The second-order valence-electron chi connectivity index (χ2n) is 4.78. The van der Waals surface area contributed by atoms with Crippen molar-refractivity contribution in [2.24, 2.45) is 0 Å². The summed E-state index contributed by atoms with van der Waals surface area (Å²) in [6.45, 7) is 2.39. The van der Waals surface area contributed by atoms with Gasteiger partial charge in [-0.2, -0.15) is 0 Å². The van der Waals surface area contributed by atoms with Gasteiger partial charge >= 0.3 is 5.97 Å². The lowest BCUT2D eigenvalue weighted by Gasteiger charge is -2.06. The molecule has 2 rings (SSSR count). The van der Waals surface area contributed by atoms with E-state index in [0.29, 0.717) is 17.8 Å². The number of aliphatic carboxylic acids is 1. The fourth-order valence-corrected chi connectivity index (χ4v) is 2.80. The molecule has 1 amide bonds. The first kappa shape index (κ1) is 15.3. The first-order valence-corrected chi connectivity index (χ1v) is 7.60. The highest BCUT2D eigenvalue weighted by Crippen LogP contribution is 2.28. The van der Waals surface area contributed by atoms with Crippen molar-refractivity contribution in [3.8, 4) is 11.1 Å². The van der Waals surface area contributed by atoms with E-state index in [-0.39, 0.29) is 12.3 Å². The summed E-state index contributed by atoms with van der Waals surface area (Å²) in [5, 5.41) is 13.2. The molecule has 0 atom stereocenters. The van der Waals surface area contributed by atoms with Crippen LogP contribution < -0.4 is 5.32 Å². The number of carboxylic acids is 1. The van der Waals surface area contributed by atoms with E-state index in [1.165, 1.54) is 16.9 Å².